The lowest BCUT2D eigenvalue weighted by atomic mass is 9.76. The number of carbonyl (C=O) groups excluding carboxylic acids is 1. The molecule has 1 aliphatic rings. The van der Waals surface area contributed by atoms with E-state index in [-0.39, 0.29) is 11.5 Å². The standard InChI is InChI=1S/C15H24N2O2S/c1-4-11-6-8-15(16,9-7-11)14-17-12(10(3)20-14)13(18)19-5-2/h11H,4-9,16H2,1-3H3. The zero-order chi connectivity index (χ0) is 14.8. The maximum absolute atomic E-state index is 11.8. The topological polar surface area (TPSA) is 65.2 Å². The van der Waals surface area contributed by atoms with Crippen LogP contribution in [0.2, 0.25) is 0 Å². The molecule has 0 atom stereocenters. The van der Waals surface area contributed by atoms with Crippen LogP contribution in [0.15, 0.2) is 0 Å². The smallest absolute Gasteiger partial charge is 0.358 e. The van der Waals surface area contributed by atoms with Gasteiger partial charge in [-0.25, -0.2) is 9.78 Å². The van der Waals surface area contributed by atoms with Gasteiger partial charge in [-0.3, -0.25) is 0 Å². The molecule has 4 nitrogen and oxygen atoms in total. The molecule has 1 saturated carbocycles. The first-order valence-corrected chi connectivity index (χ1v) is 8.25. The number of hydrogen-bond donors (Lipinski definition) is 1. The third-order valence-electron chi connectivity index (χ3n) is 4.27. The van der Waals surface area contributed by atoms with E-state index in [2.05, 4.69) is 11.9 Å². The molecule has 0 spiro atoms. The molecule has 0 unspecified atom stereocenters. The number of esters is 1. The molecule has 0 radical (unpaired) electrons. The summed E-state index contributed by atoms with van der Waals surface area (Å²) in [4.78, 5) is 17.2. The number of aromatic nitrogens is 1. The zero-order valence-corrected chi connectivity index (χ0v) is 13.4. The van der Waals surface area contributed by atoms with E-state index in [0.717, 1.165) is 41.5 Å². The molecule has 2 rings (SSSR count). The second-order valence-corrected chi connectivity index (χ2v) is 6.86. The molecule has 1 aliphatic carbocycles. The van der Waals surface area contributed by atoms with Crippen LogP contribution < -0.4 is 5.73 Å². The Hall–Kier alpha value is -0.940. The summed E-state index contributed by atoms with van der Waals surface area (Å²) in [6.45, 7) is 6.32. The lowest BCUT2D eigenvalue weighted by molar-refractivity contribution is 0.0519. The molecular formula is C15H24N2O2S. The number of carbonyl (C=O) groups is 1. The van der Waals surface area contributed by atoms with Crippen LogP contribution in [0.1, 0.15) is 66.3 Å². The van der Waals surface area contributed by atoms with Gasteiger partial charge in [0.2, 0.25) is 0 Å². The number of thiazole rings is 1. The van der Waals surface area contributed by atoms with Crippen molar-refractivity contribution in [1.82, 2.24) is 4.98 Å². The molecule has 5 heteroatoms. The minimum Gasteiger partial charge on any atom is -0.461 e. The van der Waals surface area contributed by atoms with Crippen molar-refractivity contribution in [1.29, 1.82) is 0 Å². The summed E-state index contributed by atoms with van der Waals surface area (Å²) in [7, 11) is 0. The van der Waals surface area contributed by atoms with Crippen molar-refractivity contribution in [2.45, 2.75) is 58.4 Å². The number of nitrogens with zero attached hydrogens (tertiary/aromatic N) is 1. The Kier molecular flexibility index (Phi) is 4.81. The Balaban J connectivity index is 2.17. The van der Waals surface area contributed by atoms with Crippen molar-refractivity contribution in [3.05, 3.63) is 15.6 Å². The van der Waals surface area contributed by atoms with Crippen LogP contribution in [0.3, 0.4) is 0 Å². The SMILES string of the molecule is CCOC(=O)c1nc(C2(N)CCC(CC)CC2)sc1C. The van der Waals surface area contributed by atoms with Gasteiger partial charge in [0, 0.05) is 4.88 Å². The van der Waals surface area contributed by atoms with Crippen LogP contribution >= 0.6 is 11.3 Å². The second-order valence-electron chi connectivity index (χ2n) is 5.65. The van der Waals surface area contributed by atoms with Gasteiger partial charge in [0.25, 0.3) is 0 Å². The Morgan fingerprint density at radius 2 is 2.10 bits per heavy atom. The van der Waals surface area contributed by atoms with Crippen LogP contribution in [-0.4, -0.2) is 17.6 Å². The predicted molar refractivity (Wildman–Crippen MR) is 80.9 cm³/mol. The fourth-order valence-corrected chi connectivity index (χ4v) is 3.87. The summed E-state index contributed by atoms with van der Waals surface area (Å²) in [5.74, 6) is 0.454. The highest BCUT2D eigenvalue weighted by Crippen LogP contribution is 2.40. The highest BCUT2D eigenvalue weighted by Gasteiger charge is 2.36. The van der Waals surface area contributed by atoms with Crippen molar-refractivity contribution < 1.29 is 9.53 Å². The molecule has 1 heterocycles. The van der Waals surface area contributed by atoms with Gasteiger partial charge in [-0.15, -0.1) is 11.3 Å². The van der Waals surface area contributed by atoms with Crippen LogP contribution in [0.25, 0.3) is 0 Å². The summed E-state index contributed by atoms with van der Waals surface area (Å²) in [6.07, 6.45) is 5.45. The van der Waals surface area contributed by atoms with E-state index in [1.807, 2.05) is 6.92 Å². The molecule has 0 aliphatic heterocycles. The third kappa shape index (κ3) is 3.04. The van der Waals surface area contributed by atoms with Gasteiger partial charge in [0.15, 0.2) is 5.69 Å². The van der Waals surface area contributed by atoms with E-state index < -0.39 is 0 Å². The normalized spacial score (nSPS) is 26.5. The number of hydrogen-bond acceptors (Lipinski definition) is 5. The summed E-state index contributed by atoms with van der Waals surface area (Å²) < 4.78 is 5.04. The van der Waals surface area contributed by atoms with Gasteiger partial charge in [-0.1, -0.05) is 13.3 Å². The maximum atomic E-state index is 11.8. The van der Waals surface area contributed by atoms with E-state index in [0.29, 0.717) is 12.3 Å². The molecule has 1 fully saturated rings. The van der Waals surface area contributed by atoms with Crippen LogP contribution in [0.5, 0.6) is 0 Å². The van der Waals surface area contributed by atoms with Crippen molar-refractivity contribution in [3.63, 3.8) is 0 Å². The fourth-order valence-electron chi connectivity index (χ4n) is 2.81. The van der Waals surface area contributed by atoms with Crippen LogP contribution in [0, 0.1) is 12.8 Å². The van der Waals surface area contributed by atoms with Gasteiger partial charge in [-0.2, -0.15) is 0 Å². The monoisotopic (exact) mass is 296 g/mol. The van der Waals surface area contributed by atoms with Gasteiger partial charge in [0.05, 0.1) is 12.1 Å². The average molecular weight is 296 g/mol. The van der Waals surface area contributed by atoms with E-state index >= 15 is 0 Å². The minimum atomic E-state index is -0.355. The number of rotatable bonds is 4. The van der Waals surface area contributed by atoms with Gasteiger partial charge < -0.3 is 10.5 Å². The van der Waals surface area contributed by atoms with Crippen molar-refractivity contribution in [3.8, 4) is 0 Å². The molecule has 0 aromatic carbocycles. The highest BCUT2D eigenvalue weighted by molar-refractivity contribution is 7.12. The Labute approximate surface area is 124 Å². The maximum Gasteiger partial charge on any atom is 0.358 e. The summed E-state index contributed by atoms with van der Waals surface area (Å²) in [5, 5.41) is 0.896. The molecule has 2 N–H and O–H groups in total. The quantitative estimate of drug-likeness (QED) is 0.865. The summed E-state index contributed by atoms with van der Waals surface area (Å²) in [6, 6.07) is 0. The van der Waals surface area contributed by atoms with Crippen LogP contribution in [0.4, 0.5) is 0 Å². The number of ether oxygens (including phenoxy) is 1. The molecule has 0 saturated heterocycles. The summed E-state index contributed by atoms with van der Waals surface area (Å²) >= 11 is 1.55. The first kappa shape index (κ1) is 15.4. The first-order chi connectivity index (χ1) is 9.50. The number of aryl methyl sites for hydroxylation is 1. The highest BCUT2D eigenvalue weighted by atomic mass is 32.1. The van der Waals surface area contributed by atoms with Crippen molar-refractivity contribution >= 4 is 17.3 Å². The van der Waals surface area contributed by atoms with E-state index in [1.165, 1.54) is 6.42 Å². The van der Waals surface area contributed by atoms with Crippen LogP contribution in [-0.2, 0) is 10.3 Å². The lowest BCUT2D eigenvalue weighted by Crippen LogP contribution is -2.40. The van der Waals surface area contributed by atoms with Crippen molar-refractivity contribution in [2.75, 3.05) is 6.61 Å². The van der Waals surface area contributed by atoms with E-state index in [9.17, 15) is 4.79 Å². The lowest BCUT2D eigenvalue weighted by Gasteiger charge is -2.35. The summed E-state index contributed by atoms with van der Waals surface area (Å²) in [5.41, 5.74) is 6.63. The second kappa shape index (κ2) is 6.22. The molecule has 0 bridgehead atoms. The van der Waals surface area contributed by atoms with Gasteiger partial charge >= 0.3 is 5.97 Å². The Bertz CT molecular complexity index is 476. The molecule has 0 amide bonds. The molecule has 1 aromatic rings. The molecule has 20 heavy (non-hydrogen) atoms. The van der Waals surface area contributed by atoms with E-state index in [1.54, 1.807) is 18.3 Å². The van der Waals surface area contributed by atoms with E-state index in [4.69, 9.17) is 10.5 Å². The van der Waals surface area contributed by atoms with Crippen molar-refractivity contribution in [2.24, 2.45) is 11.7 Å². The fraction of sp³-hybridized carbons (Fsp3) is 0.733. The Morgan fingerprint density at radius 3 is 2.65 bits per heavy atom. The van der Waals surface area contributed by atoms with Gasteiger partial charge in [0.1, 0.15) is 5.01 Å². The third-order valence-corrected chi connectivity index (χ3v) is 5.46. The molecule has 1 aromatic heterocycles. The zero-order valence-electron chi connectivity index (χ0n) is 12.6. The average Bonchev–Trinajstić information content (AvgIpc) is 2.83. The Morgan fingerprint density at radius 1 is 1.45 bits per heavy atom. The number of nitrogens with two attached hydrogens (primary N) is 1. The predicted octanol–water partition coefficient (Wildman–Crippen LogP) is 3.38. The first-order valence-electron chi connectivity index (χ1n) is 7.44. The minimum absolute atomic E-state index is 0.335. The molecule has 112 valence electrons. The van der Waals surface area contributed by atoms with Gasteiger partial charge in [-0.05, 0) is 45.4 Å². The largest absolute Gasteiger partial charge is 0.461 e. The molecular weight excluding hydrogens is 272 g/mol.